The fraction of sp³-hybridized carbons (Fsp3) is 0.375. The Balaban J connectivity index is 2.01. The van der Waals surface area contributed by atoms with E-state index >= 15 is 0 Å². The molecule has 0 spiro atoms. The van der Waals surface area contributed by atoms with Crippen LogP contribution in [0.2, 0.25) is 0 Å². The van der Waals surface area contributed by atoms with E-state index < -0.39 is 0 Å². The van der Waals surface area contributed by atoms with E-state index in [1.165, 1.54) is 12.1 Å². The van der Waals surface area contributed by atoms with Crippen LogP contribution in [0.4, 0.5) is 15.9 Å². The molecule has 0 bridgehead atoms. The minimum atomic E-state index is -0.262. The zero-order valence-electron chi connectivity index (χ0n) is 12.7. The first-order valence-corrected chi connectivity index (χ1v) is 7.09. The van der Waals surface area contributed by atoms with Gasteiger partial charge in [-0.2, -0.15) is 5.10 Å². The Morgan fingerprint density at radius 2 is 2.00 bits per heavy atom. The van der Waals surface area contributed by atoms with Crippen molar-refractivity contribution in [2.24, 2.45) is 5.92 Å². The number of aromatic nitrogens is 2. The molecule has 2 aromatic rings. The minimum absolute atomic E-state index is 0.262. The van der Waals surface area contributed by atoms with Gasteiger partial charge in [0.1, 0.15) is 5.82 Å². The van der Waals surface area contributed by atoms with Gasteiger partial charge >= 0.3 is 0 Å². The van der Waals surface area contributed by atoms with Gasteiger partial charge in [-0.25, -0.2) is 4.39 Å². The van der Waals surface area contributed by atoms with Crippen LogP contribution in [0.25, 0.3) is 0 Å². The van der Waals surface area contributed by atoms with E-state index in [4.69, 9.17) is 0 Å². The standard InChI is InChI=1S/C16H21FN4/c1-12(2)10-18-11-14-7-8-16(20-19-14)21(3)15-6-4-5-13(17)9-15/h4-9,12,18H,10-11H2,1-3H3. The third kappa shape index (κ3) is 4.49. The van der Waals surface area contributed by atoms with Gasteiger partial charge in [-0.15, -0.1) is 5.10 Å². The van der Waals surface area contributed by atoms with Crippen LogP contribution in [-0.2, 0) is 6.54 Å². The first kappa shape index (κ1) is 15.4. The van der Waals surface area contributed by atoms with Gasteiger partial charge in [-0.3, -0.25) is 0 Å². The monoisotopic (exact) mass is 288 g/mol. The highest BCUT2D eigenvalue weighted by molar-refractivity contribution is 5.58. The molecule has 0 unspecified atom stereocenters. The number of nitrogens with one attached hydrogen (secondary N) is 1. The zero-order chi connectivity index (χ0) is 15.2. The molecule has 5 heteroatoms. The van der Waals surface area contributed by atoms with E-state index in [1.807, 2.05) is 25.2 Å². The highest BCUT2D eigenvalue weighted by atomic mass is 19.1. The van der Waals surface area contributed by atoms with Crippen molar-refractivity contribution in [3.8, 4) is 0 Å². The van der Waals surface area contributed by atoms with Gasteiger partial charge in [0.2, 0.25) is 0 Å². The van der Waals surface area contributed by atoms with Gasteiger partial charge in [0.25, 0.3) is 0 Å². The van der Waals surface area contributed by atoms with E-state index in [-0.39, 0.29) is 5.82 Å². The SMILES string of the molecule is CC(C)CNCc1ccc(N(C)c2cccc(F)c2)nn1. The molecule has 0 atom stereocenters. The van der Waals surface area contributed by atoms with E-state index in [2.05, 4.69) is 29.4 Å². The molecule has 1 heterocycles. The van der Waals surface area contributed by atoms with Crippen molar-refractivity contribution >= 4 is 11.5 Å². The molecule has 1 aromatic heterocycles. The molecule has 2 rings (SSSR count). The minimum Gasteiger partial charge on any atom is -0.328 e. The Labute approximate surface area is 125 Å². The molecule has 1 aromatic carbocycles. The first-order valence-electron chi connectivity index (χ1n) is 7.09. The maximum Gasteiger partial charge on any atom is 0.155 e. The van der Waals surface area contributed by atoms with Crippen molar-refractivity contribution in [3.63, 3.8) is 0 Å². The Morgan fingerprint density at radius 1 is 1.19 bits per heavy atom. The number of benzene rings is 1. The normalized spacial score (nSPS) is 10.9. The second-order valence-electron chi connectivity index (χ2n) is 5.45. The van der Waals surface area contributed by atoms with Gasteiger partial charge in [-0.1, -0.05) is 19.9 Å². The van der Waals surface area contributed by atoms with Gasteiger partial charge in [0.05, 0.1) is 5.69 Å². The number of rotatable bonds is 6. The largest absolute Gasteiger partial charge is 0.328 e. The lowest BCUT2D eigenvalue weighted by molar-refractivity contribution is 0.546. The maximum absolute atomic E-state index is 13.2. The fourth-order valence-corrected chi connectivity index (χ4v) is 1.93. The summed E-state index contributed by atoms with van der Waals surface area (Å²) in [6, 6.07) is 10.2. The van der Waals surface area contributed by atoms with Crippen LogP contribution in [-0.4, -0.2) is 23.8 Å². The van der Waals surface area contributed by atoms with Crippen molar-refractivity contribution in [1.82, 2.24) is 15.5 Å². The number of hydrogen-bond acceptors (Lipinski definition) is 4. The second kappa shape index (κ2) is 7.13. The summed E-state index contributed by atoms with van der Waals surface area (Å²) in [5.74, 6) is 1.03. The van der Waals surface area contributed by atoms with Gasteiger partial charge in [0.15, 0.2) is 5.82 Å². The van der Waals surface area contributed by atoms with E-state index in [9.17, 15) is 4.39 Å². The summed E-state index contributed by atoms with van der Waals surface area (Å²) in [6.07, 6.45) is 0. The predicted molar refractivity (Wildman–Crippen MR) is 83.0 cm³/mol. The van der Waals surface area contributed by atoms with E-state index in [1.54, 1.807) is 11.0 Å². The van der Waals surface area contributed by atoms with Crippen molar-refractivity contribution in [2.45, 2.75) is 20.4 Å². The van der Waals surface area contributed by atoms with Crippen molar-refractivity contribution < 1.29 is 4.39 Å². The molecule has 0 aliphatic rings. The third-order valence-electron chi connectivity index (χ3n) is 3.10. The molecular weight excluding hydrogens is 267 g/mol. The highest BCUT2D eigenvalue weighted by Gasteiger charge is 2.07. The molecule has 112 valence electrons. The summed E-state index contributed by atoms with van der Waals surface area (Å²) in [6.45, 7) is 5.98. The summed E-state index contributed by atoms with van der Waals surface area (Å²) in [5.41, 5.74) is 1.64. The highest BCUT2D eigenvalue weighted by Crippen LogP contribution is 2.21. The van der Waals surface area contributed by atoms with Crippen molar-refractivity contribution in [3.05, 3.63) is 47.9 Å². The molecule has 21 heavy (non-hydrogen) atoms. The number of nitrogens with zero attached hydrogens (tertiary/aromatic N) is 3. The van der Waals surface area contributed by atoms with Crippen LogP contribution in [0, 0.1) is 11.7 Å². The Morgan fingerprint density at radius 3 is 2.62 bits per heavy atom. The van der Waals surface area contributed by atoms with Crippen LogP contribution in [0.3, 0.4) is 0 Å². The molecule has 0 aliphatic heterocycles. The molecule has 0 aliphatic carbocycles. The van der Waals surface area contributed by atoms with Gasteiger partial charge in [-0.05, 0) is 42.8 Å². The molecule has 1 N–H and O–H groups in total. The average molecular weight is 288 g/mol. The Bertz CT molecular complexity index is 569. The van der Waals surface area contributed by atoms with Crippen LogP contribution < -0.4 is 10.2 Å². The molecule has 0 radical (unpaired) electrons. The first-order chi connectivity index (χ1) is 10.1. The summed E-state index contributed by atoms with van der Waals surface area (Å²) < 4.78 is 13.2. The lowest BCUT2D eigenvalue weighted by Gasteiger charge is -2.17. The van der Waals surface area contributed by atoms with E-state index in [0.29, 0.717) is 18.3 Å². The van der Waals surface area contributed by atoms with Crippen LogP contribution in [0.1, 0.15) is 19.5 Å². The lowest BCUT2D eigenvalue weighted by atomic mass is 10.2. The molecule has 4 nitrogen and oxygen atoms in total. The van der Waals surface area contributed by atoms with Crippen LogP contribution >= 0.6 is 0 Å². The average Bonchev–Trinajstić information content (AvgIpc) is 2.47. The number of anilines is 2. The summed E-state index contributed by atoms with van der Waals surface area (Å²) in [4.78, 5) is 1.81. The Hall–Kier alpha value is -2.01. The summed E-state index contributed by atoms with van der Waals surface area (Å²) >= 11 is 0. The molecular formula is C16H21FN4. The molecule has 0 saturated carbocycles. The summed E-state index contributed by atoms with van der Waals surface area (Å²) in [7, 11) is 1.84. The topological polar surface area (TPSA) is 41.0 Å². The van der Waals surface area contributed by atoms with Crippen LogP contribution in [0.15, 0.2) is 36.4 Å². The van der Waals surface area contributed by atoms with Crippen molar-refractivity contribution in [1.29, 1.82) is 0 Å². The maximum atomic E-state index is 13.2. The smallest absolute Gasteiger partial charge is 0.155 e. The third-order valence-corrected chi connectivity index (χ3v) is 3.10. The lowest BCUT2D eigenvalue weighted by Crippen LogP contribution is -2.20. The van der Waals surface area contributed by atoms with Gasteiger partial charge in [0, 0.05) is 19.3 Å². The quantitative estimate of drug-likeness (QED) is 0.886. The second-order valence-corrected chi connectivity index (χ2v) is 5.45. The zero-order valence-corrected chi connectivity index (χ0v) is 12.7. The Kier molecular flexibility index (Phi) is 5.22. The van der Waals surface area contributed by atoms with Gasteiger partial charge < -0.3 is 10.2 Å². The van der Waals surface area contributed by atoms with Crippen molar-refractivity contribution in [2.75, 3.05) is 18.5 Å². The number of hydrogen-bond donors (Lipinski definition) is 1. The molecule has 0 fully saturated rings. The van der Waals surface area contributed by atoms with E-state index in [0.717, 1.165) is 17.9 Å². The fourth-order valence-electron chi connectivity index (χ4n) is 1.93. The molecule has 0 amide bonds. The summed E-state index contributed by atoms with van der Waals surface area (Å²) in [5, 5.41) is 11.7. The predicted octanol–water partition coefficient (Wildman–Crippen LogP) is 3.13. The number of halogens is 1. The van der Waals surface area contributed by atoms with Crippen LogP contribution in [0.5, 0.6) is 0 Å². The molecule has 0 saturated heterocycles.